The summed E-state index contributed by atoms with van der Waals surface area (Å²) in [5.74, 6) is 2.14. The zero-order valence-electron chi connectivity index (χ0n) is 16.4. The number of aromatic nitrogens is 2. The van der Waals surface area contributed by atoms with Crippen LogP contribution in [0.1, 0.15) is 15.9 Å². The Labute approximate surface area is 173 Å². The Morgan fingerprint density at radius 3 is 2.67 bits per heavy atom. The van der Waals surface area contributed by atoms with E-state index < -0.39 is 0 Å². The van der Waals surface area contributed by atoms with Crippen molar-refractivity contribution < 1.29 is 14.3 Å². The van der Waals surface area contributed by atoms with Gasteiger partial charge in [-0.2, -0.15) is 0 Å². The van der Waals surface area contributed by atoms with Crippen LogP contribution in [0.4, 0.5) is 11.5 Å². The molecule has 5 rings (SSSR count). The summed E-state index contributed by atoms with van der Waals surface area (Å²) in [6, 6.07) is 15.6. The second-order valence-electron chi connectivity index (χ2n) is 7.04. The summed E-state index contributed by atoms with van der Waals surface area (Å²) in [4.78, 5) is 20.2. The van der Waals surface area contributed by atoms with Crippen molar-refractivity contribution in [1.29, 1.82) is 0 Å². The number of benzene rings is 2. The lowest BCUT2D eigenvalue weighted by Gasteiger charge is -2.20. The van der Waals surface area contributed by atoms with E-state index in [0.29, 0.717) is 30.1 Å². The molecule has 0 fully saturated rings. The van der Waals surface area contributed by atoms with Gasteiger partial charge >= 0.3 is 0 Å². The van der Waals surface area contributed by atoms with E-state index in [0.717, 1.165) is 45.5 Å². The predicted molar refractivity (Wildman–Crippen MR) is 116 cm³/mol. The van der Waals surface area contributed by atoms with E-state index in [1.807, 2.05) is 30.3 Å². The van der Waals surface area contributed by atoms with Crippen LogP contribution in [-0.2, 0) is 0 Å². The zero-order chi connectivity index (χ0) is 20.5. The van der Waals surface area contributed by atoms with E-state index in [9.17, 15) is 4.79 Å². The standard InChI is InChI=1S/C24H19N3O3/c1-15-18(16-5-6-21-22(13-16)30-12-11-29-21)3-2-4-20(15)27-24-23-19(8-10-26-24)17(14-28)7-9-25-23/h2-10,13-14H,11-12H2,1H3,(H,26,27). The quantitative estimate of drug-likeness (QED) is 0.492. The molecule has 6 nitrogen and oxygen atoms in total. The first kappa shape index (κ1) is 18.1. The molecule has 6 heteroatoms. The lowest BCUT2D eigenvalue weighted by Crippen LogP contribution is -2.15. The van der Waals surface area contributed by atoms with E-state index in [2.05, 4.69) is 28.3 Å². The van der Waals surface area contributed by atoms with Gasteiger partial charge in [0.15, 0.2) is 23.6 Å². The van der Waals surface area contributed by atoms with Crippen LogP contribution in [0, 0.1) is 6.92 Å². The minimum Gasteiger partial charge on any atom is -0.486 e. The number of carbonyl (C=O) groups excluding carboxylic acids is 1. The summed E-state index contributed by atoms with van der Waals surface area (Å²) in [5.41, 5.74) is 5.37. The first-order chi connectivity index (χ1) is 14.7. The maximum atomic E-state index is 11.4. The van der Waals surface area contributed by atoms with Crippen LogP contribution in [0.3, 0.4) is 0 Å². The fraction of sp³-hybridized carbons (Fsp3) is 0.125. The molecule has 0 bridgehead atoms. The molecule has 148 valence electrons. The molecular formula is C24H19N3O3. The second kappa shape index (κ2) is 7.48. The minimum absolute atomic E-state index is 0.555. The molecule has 0 saturated heterocycles. The highest BCUT2D eigenvalue weighted by molar-refractivity contribution is 6.00. The molecule has 1 N–H and O–H groups in total. The molecule has 0 unspecified atom stereocenters. The van der Waals surface area contributed by atoms with Gasteiger partial charge in [0.2, 0.25) is 0 Å². The first-order valence-electron chi connectivity index (χ1n) is 9.70. The number of pyridine rings is 2. The molecule has 30 heavy (non-hydrogen) atoms. The molecule has 3 heterocycles. The number of nitrogens with one attached hydrogen (secondary N) is 1. The fourth-order valence-electron chi connectivity index (χ4n) is 3.72. The molecule has 0 saturated carbocycles. The van der Waals surface area contributed by atoms with Gasteiger partial charge in [-0.1, -0.05) is 18.2 Å². The predicted octanol–water partition coefficient (Wildman–Crippen LogP) is 4.93. The van der Waals surface area contributed by atoms with E-state index in [-0.39, 0.29) is 0 Å². The summed E-state index contributed by atoms with van der Waals surface area (Å²) in [5, 5.41) is 4.16. The molecule has 0 atom stereocenters. The third-order valence-corrected chi connectivity index (χ3v) is 5.26. The van der Waals surface area contributed by atoms with E-state index in [1.54, 1.807) is 24.5 Å². The van der Waals surface area contributed by atoms with Gasteiger partial charge in [0.05, 0.1) is 0 Å². The number of ether oxygens (including phenoxy) is 2. The Hall–Kier alpha value is -3.93. The van der Waals surface area contributed by atoms with Crippen LogP contribution in [0.2, 0.25) is 0 Å². The third kappa shape index (κ3) is 3.12. The summed E-state index contributed by atoms with van der Waals surface area (Å²) >= 11 is 0. The largest absolute Gasteiger partial charge is 0.486 e. The summed E-state index contributed by atoms with van der Waals surface area (Å²) in [7, 11) is 0. The number of hydrogen-bond donors (Lipinski definition) is 1. The van der Waals surface area contributed by atoms with Crippen molar-refractivity contribution in [2.24, 2.45) is 0 Å². The van der Waals surface area contributed by atoms with Crippen LogP contribution in [0.15, 0.2) is 60.9 Å². The van der Waals surface area contributed by atoms with Gasteiger partial charge in [0.25, 0.3) is 0 Å². The Balaban J connectivity index is 1.55. The topological polar surface area (TPSA) is 73.3 Å². The number of hydrogen-bond acceptors (Lipinski definition) is 6. The van der Waals surface area contributed by atoms with Crippen molar-refractivity contribution >= 4 is 28.7 Å². The normalized spacial score (nSPS) is 12.6. The van der Waals surface area contributed by atoms with Crippen molar-refractivity contribution in [3.63, 3.8) is 0 Å². The van der Waals surface area contributed by atoms with Gasteiger partial charge in [0, 0.05) is 29.0 Å². The molecule has 2 aromatic heterocycles. The Kier molecular flexibility index (Phi) is 4.52. The molecular weight excluding hydrogens is 378 g/mol. The average Bonchev–Trinajstić information content (AvgIpc) is 2.80. The third-order valence-electron chi connectivity index (χ3n) is 5.26. The van der Waals surface area contributed by atoms with Crippen molar-refractivity contribution in [1.82, 2.24) is 9.97 Å². The molecule has 1 aliphatic heterocycles. The second-order valence-corrected chi connectivity index (χ2v) is 7.04. The number of carbonyl (C=O) groups is 1. The summed E-state index contributed by atoms with van der Waals surface area (Å²) < 4.78 is 11.4. The van der Waals surface area contributed by atoms with Gasteiger partial charge in [-0.25, -0.2) is 4.98 Å². The van der Waals surface area contributed by atoms with Crippen LogP contribution >= 0.6 is 0 Å². The highest BCUT2D eigenvalue weighted by atomic mass is 16.6. The Morgan fingerprint density at radius 1 is 0.967 bits per heavy atom. The maximum Gasteiger partial charge on any atom is 0.161 e. The van der Waals surface area contributed by atoms with Crippen molar-refractivity contribution in [3.8, 4) is 22.6 Å². The molecule has 0 radical (unpaired) electrons. The first-order valence-corrected chi connectivity index (χ1v) is 9.70. The van der Waals surface area contributed by atoms with Crippen LogP contribution < -0.4 is 14.8 Å². The zero-order valence-corrected chi connectivity index (χ0v) is 16.4. The minimum atomic E-state index is 0.555. The highest BCUT2D eigenvalue weighted by Gasteiger charge is 2.15. The molecule has 1 aliphatic rings. The highest BCUT2D eigenvalue weighted by Crippen LogP contribution is 2.37. The van der Waals surface area contributed by atoms with Gasteiger partial charge in [-0.15, -0.1) is 0 Å². The monoisotopic (exact) mass is 397 g/mol. The lowest BCUT2D eigenvalue weighted by atomic mass is 9.98. The Bertz CT molecular complexity index is 1270. The molecule has 2 aromatic carbocycles. The van der Waals surface area contributed by atoms with Crippen LogP contribution in [0.5, 0.6) is 11.5 Å². The maximum absolute atomic E-state index is 11.4. The van der Waals surface area contributed by atoms with E-state index in [1.165, 1.54) is 0 Å². The molecule has 0 amide bonds. The fourth-order valence-corrected chi connectivity index (χ4v) is 3.72. The number of nitrogens with zero attached hydrogens (tertiary/aromatic N) is 2. The smallest absolute Gasteiger partial charge is 0.161 e. The van der Waals surface area contributed by atoms with Crippen molar-refractivity contribution in [3.05, 3.63) is 72.1 Å². The number of fused-ring (bicyclic) bond motifs is 2. The van der Waals surface area contributed by atoms with Crippen molar-refractivity contribution in [2.45, 2.75) is 6.92 Å². The number of rotatable bonds is 4. The van der Waals surface area contributed by atoms with Gasteiger partial charge in [0.1, 0.15) is 18.7 Å². The Morgan fingerprint density at radius 2 is 1.80 bits per heavy atom. The molecule has 4 aromatic rings. The van der Waals surface area contributed by atoms with E-state index >= 15 is 0 Å². The van der Waals surface area contributed by atoms with Crippen LogP contribution in [0.25, 0.3) is 22.0 Å². The summed E-state index contributed by atoms with van der Waals surface area (Å²) in [6.45, 7) is 3.19. The summed E-state index contributed by atoms with van der Waals surface area (Å²) in [6.07, 6.45) is 4.14. The van der Waals surface area contributed by atoms with Crippen molar-refractivity contribution in [2.75, 3.05) is 18.5 Å². The molecule has 0 aliphatic carbocycles. The SMILES string of the molecule is Cc1c(Nc2nccc3c(C=O)ccnc23)cccc1-c1ccc2c(c1)OCCO2. The van der Waals surface area contributed by atoms with E-state index in [4.69, 9.17) is 9.47 Å². The van der Waals surface area contributed by atoms with Gasteiger partial charge in [-0.05, 0) is 53.9 Å². The van der Waals surface area contributed by atoms with Gasteiger partial charge < -0.3 is 14.8 Å². The number of anilines is 2. The van der Waals surface area contributed by atoms with Crippen LogP contribution in [-0.4, -0.2) is 29.5 Å². The average molecular weight is 397 g/mol. The molecule has 0 spiro atoms. The van der Waals surface area contributed by atoms with Gasteiger partial charge in [-0.3, -0.25) is 9.78 Å². The lowest BCUT2D eigenvalue weighted by molar-refractivity contribution is 0.112. The number of aldehydes is 1.